The fourth-order valence-electron chi connectivity index (χ4n) is 5.66. The maximum absolute atomic E-state index is 5.44. The molecule has 4 heteroatoms. The van der Waals surface area contributed by atoms with Gasteiger partial charge in [-0.05, 0) is 79.8 Å². The third-order valence-corrected chi connectivity index (χ3v) is 12.3. The van der Waals surface area contributed by atoms with Gasteiger partial charge < -0.3 is 26.5 Å². The summed E-state index contributed by atoms with van der Waals surface area (Å²) in [4.78, 5) is 0. The largest absolute Gasteiger partial charge is 1.00 e. The molecule has 2 nitrogen and oxygen atoms in total. The van der Waals surface area contributed by atoms with Gasteiger partial charge in [0.15, 0.2) is 11.5 Å². The van der Waals surface area contributed by atoms with Crippen LogP contribution in [0.5, 0.6) is 11.5 Å². The SMILES string of the molecule is COc1ccc(CCCCCCCCCC[P+](c2ccccc2)(c2ccccc2)c2ccccc2)cc1OC.[Br-]. The molecule has 212 valence electrons. The van der Waals surface area contributed by atoms with Gasteiger partial charge in [-0.25, -0.2) is 0 Å². The molecule has 0 aliphatic rings. The first kappa shape index (κ1) is 31.9. The van der Waals surface area contributed by atoms with Crippen LogP contribution in [0.3, 0.4) is 0 Å². The van der Waals surface area contributed by atoms with Crippen LogP contribution in [0.1, 0.15) is 56.9 Å². The third kappa shape index (κ3) is 8.45. The summed E-state index contributed by atoms with van der Waals surface area (Å²) in [6, 6.07) is 40.1. The van der Waals surface area contributed by atoms with Gasteiger partial charge in [-0.1, -0.05) is 92.8 Å². The van der Waals surface area contributed by atoms with E-state index in [1.165, 1.54) is 79.0 Å². The number of rotatable bonds is 16. The maximum Gasteiger partial charge on any atom is 0.160 e. The van der Waals surface area contributed by atoms with Gasteiger partial charge in [0.05, 0.1) is 20.4 Å². The topological polar surface area (TPSA) is 18.5 Å². The van der Waals surface area contributed by atoms with Crippen molar-refractivity contribution in [1.29, 1.82) is 0 Å². The van der Waals surface area contributed by atoms with Crippen LogP contribution in [-0.2, 0) is 6.42 Å². The summed E-state index contributed by atoms with van der Waals surface area (Å²) < 4.78 is 10.8. The van der Waals surface area contributed by atoms with Crippen LogP contribution >= 0.6 is 7.26 Å². The molecule has 0 radical (unpaired) electrons. The Morgan fingerprint density at radius 2 is 0.900 bits per heavy atom. The smallest absolute Gasteiger partial charge is 0.160 e. The lowest BCUT2D eigenvalue weighted by Crippen LogP contribution is -3.00. The molecule has 0 heterocycles. The first-order chi connectivity index (χ1) is 19.3. The number of benzene rings is 4. The molecule has 4 aromatic carbocycles. The first-order valence-electron chi connectivity index (χ1n) is 14.5. The van der Waals surface area contributed by atoms with E-state index >= 15 is 0 Å². The number of hydrogen-bond donors (Lipinski definition) is 0. The molecular formula is C36H44BrO2P. The average Bonchev–Trinajstić information content (AvgIpc) is 3.01. The summed E-state index contributed by atoms with van der Waals surface area (Å²) in [5.41, 5.74) is 1.33. The summed E-state index contributed by atoms with van der Waals surface area (Å²) in [7, 11) is 1.71. The Morgan fingerprint density at radius 1 is 0.475 bits per heavy atom. The molecule has 0 saturated carbocycles. The summed E-state index contributed by atoms with van der Waals surface area (Å²) in [5, 5.41) is 4.49. The predicted octanol–water partition coefficient (Wildman–Crippen LogP) is 5.37. The van der Waals surface area contributed by atoms with Crippen LogP contribution in [0.2, 0.25) is 0 Å². The van der Waals surface area contributed by atoms with Crippen LogP contribution in [0.15, 0.2) is 109 Å². The van der Waals surface area contributed by atoms with Crippen LogP contribution in [-0.4, -0.2) is 20.4 Å². The molecule has 0 fully saturated rings. The van der Waals surface area contributed by atoms with Gasteiger partial charge in [0.1, 0.15) is 23.2 Å². The summed E-state index contributed by atoms with van der Waals surface area (Å²) in [6.45, 7) is 0. The summed E-state index contributed by atoms with van der Waals surface area (Å²) in [5.74, 6) is 1.63. The molecule has 0 aliphatic heterocycles. The quantitative estimate of drug-likeness (QED) is 0.124. The zero-order chi connectivity index (χ0) is 27.2. The average molecular weight is 620 g/mol. The van der Waals surface area contributed by atoms with Crippen molar-refractivity contribution in [2.45, 2.75) is 57.8 Å². The normalized spacial score (nSPS) is 11.1. The van der Waals surface area contributed by atoms with Gasteiger partial charge in [0.2, 0.25) is 0 Å². The maximum atomic E-state index is 5.44. The second-order valence-corrected chi connectivity index (χ2v) is 13.9. The Kier molecular flexibility index (Phi) is 13.8. The van der Waals surface area contributed by atoms with Crippen molar-refractivity contribution in [1.82, 2.24) is 0 Å². The zero-order valence-corrected chi connectivity index (χ0v) is 26.6. The summed E-state index contributed by atoms with van der Waals surface area (Å²) >= 11 is 0. The van der Waals surface area contributed by atoms with E-state index in [1.54, 1.807) is 14.2 Å². The van der Waals surface area contributed by atoms with E-state index in [4.69, 9.17) is 9.47 Å². The number of hydrogen-bond acceptors (Lipinski definition) is 2. The van der Waals surface area contributed by atoms with Gasteiger partial charge in [-0.3, -0.25) is 0 Å². The Hall–Kier alpha value is -2.61. The lowest BCUT2D eigenvalue weighted by atomic mass is 10.0. The summed E-state index contributed by atoms with van der Waals surface area (Å²) in [6.07, 6.45) is 12.8. The van der Waals surface area contributed by atoms with Crippen molar-refractivity contribution in [3.8, 4) is 11.5 Å². The van der Waals surface area contributed by atoms with Crippen molar-refractivity contribution >= 4 is 23.2 Å². The molecule has 40 heavy (non-hydrogen) atoms. The molecule has 4 rings (SSSR count). The first-order valence-corrected chi connectivity index (χ1v) is 16.5. The molecule has 0 atom stereocenters. The van der Waals surface area contributed by atoms with Crippen molar-refractivity contribution in [3.63, 3.8) is 0 Å². The molecule has 0 amide bonds. The van der Waals surface area contributed by atoms with E-state index in [0.29, 0.717) is 0 Å². The van der Waals surface area contributed by atoms with Crippen molar-refractivity contribution in [2.24, 2.45) is 0 Å². The number of methoxy groups -OCH3 is 2. The minimum absolute atomic E-state index is 0. The molecule has 0 aliphatic carbocycles. The lowest BCUT2D eigenvalue weighted by molar-refractivity contribution is -0.00000835. The van der Waals surface area contributed by atoms with Gasteiger partial charge in [-0.15, -0.1) is 0 Å². The molecule has 0 N–H and O–H groups in total. The Balaban J connectivity index is 0.00000441. The minimum Gasteiger partial charge on any atom is -1.00 e. The van der Waals surface area contributed by atoms with Crippen LogP contribution in [0.25, 0.3) is 0 Å². The van der Waals surface area contributed by atoms with Crippen LogP contribution in [0, 0.1) is 0 Å². The van der Waals surface area contributed by atoms with Gasteiger partial charge in [0.25, 0.3) is 0 Å². The third-order valence-electron chi connectivity index (χ3n) is 7.75. The molecule has 0 saturated heterocycles. The van der Waals surface area contributed by atoms with Gasteiger partial charge in [-0.2, -0.15) is 0 Å². The standard InChI is InChI=1S/C36H44O2P.BrH/c1-37-35-28-27-31(30-36(35)38-2)20-12-7-5-3-4-6-8-19-29-39(32-21-13-9-14-22-32,33-23-15-10-16-24-33)34-25-17-11-18-26-34;/h9-11,13-18,21-28,30H,3-8,12,19-20,29H2,1-2H3;1H/q+1;/p-1. The van der Waals surface area contributed by atoms with Crippen molar-refractivity contribution in [2.75, 3.05) is 20.4 Å². The highest BCUT2D eigenvalue weighted by Gasteiger charge is 2.44. The van der Waals surface area contributed by atoms with Crippen LogP contribution < -0.4 is 42.4 Å². The molecular weight excluding hydrogens is 575 g/mol. The minimum atomic E-state index is -1.68. The molecule has 4 aromatic rings. The second-order valence-electron chi connectivity index (χ2n) is 10.3. The highest BCUT2D eigenvalue weighted by atomic mass is 79.9. The molecule has 0 aromatic heterocycles. The Labute approximate surface area is 253 Å². The van der Waals surface area contributed by atoms with Gasteiger partial charge in [0, 0.05) is 0 Å². The fraction of sp³-hybridized carbons (Fsp3) is 0.333. The van der Waals surface area contributed by atoms with E-state index in [1.807, 2.05) is 6.07 Å². The lowest BCUT2D eigenvalue weighted by Gasteiger charge is -2.27. The number of halogens is 1. The highest BCUT2D eigenvalue weighted by Crippen LogP contribution is 2.56. The van der Waals surface area contributed by atoms with Crippen LogP contribution in [0.4, 0.5) is 0 Å². The number of unbranched alkanes of at least 4 members (excludes halogenated alkanes) is 7. The van der Waals surface area contributed by atoms with E-state index in [0.717, 1.165) is 17.9 Å². The van der Waals surface area contributed by atoms with Crippen molar-refractivity contribution < 1.29 is 26.5 Å². The highest BCUT2D eigenvalue weighted by molar-refractivity contribution is 7.95. The van der Waals surface area contributed by atoms with E-state index in [-0.39, 0.29) is 17.0 Å². The zero-order valence-electron chi connectivity index (χ0n) is 24.1. The second kappa shape index (κ2) is 17.3. The monoisotopic (exact) mass is 618 g/mol. The fourth-order valence-corrected chi connectivity index (χ4v) is 10.1. The Morgan fingerprint density at radius 3 is 1.35 bits per heavy atom. The van der Waals surface area contributed by atoms with E-state index < -0.39 is 7.26 Å². The molecule has 0 spiro atoms. The molecule has 0 unspecified atom stereocenters. The number of aryl methyl sites for hydroxylation is 1. The van der Waals surface area contributed by atoms with Gasteiger partial charge >= 0.3 is 0 Å². The predicted molar refractivity (Wildman–Crippen MR) is 170 cm³/mol. The van der Waals surface area contributed by atoms with Crippen molar-refractivity contribution in [3.05, 3.63) is 115 Å². The van der Waals surface area contributed by atoms with E-state index in [2.05, 4.69) is 103 Å². The Bertz CT molecular complexity index is 1130. The number of ether oxygens (including phenoxy) is 2. The van der Waals surface area contributed by atoms with E-state index in [9.17, 15) is 0 Å². The molecule has 0 bridgehead atoms.